The number of nitro groups is 1. The normalized spacial score (nSPS) is 12.7. The number of rotatable bonds is 6. The molecule has 0 heterocycles. The van der Waals surface area contributed by atoms with Crippen LogP contribution in [0, 0.1) is 21.8 Å². The second-order valence-electron chi connectivity index (χ2n) is 4.85. The van der Waals surface area contributed by atoms with Crippen LogP contribution in [-0.2, 0) is 6.42 Å². The molecule has 0 aliphatic heterocycles. The van der Waals surface area contributed by atoms with Gasteiger partial charge in [0.25, 0.3) is 5.69 Å². The minimum atomic E-state index is -0.524. The lowest BCUT2D eigenvalue weighted by Gasteiger charge is -2.12. The Morgan fingerprint density at radius 2 is 2.11 bits per heavy atom. The standard InChI is InChI=1S/C13H18FNO3/c1-9(2)7-12(16)5-3-10-8-11(14)4-6-13(10)15(17)18/h4,6,8-9,12,16H,3,5,7H2,1-2H3. The maximum Gasteiger partial charge on any atom is 0.272 e. The van der Waals surface area contributed by atoms with Crippen LogP contribution in [0.25, 0.3) is 0 Å². The number of benzene rings is 1. The number of halogens is 1. The topological polar surface area (TPSA) is 63.4 Å². The van der Waals surface area contributed by atoms with Crippen molar-refractivity contribution in [3.8, 4) is 0 Å². The van der Waals surface area contributed by atoms with Gasteiger partial charge in [0.05, 0.1) is 11.0 Å². The molecule has 0 spiro atoms. The second-order valence-corrected chi connectivity index (χ2v) is 4.85. The molecule has 0 saturated carbocycles. The third-order valence-electron chi connectivity index (χ3n) is 2.73. The van der Waals surface area contributed by atoms with Crippen LogP contribution in [0.5, 0.6) is 0 Å². The summed E-state index contributed by atoms with van der Waals surface area (Å²) in [7, 11) is 0. The number of hydrogen-bond donors (Lipinski definition) is 1. The zero-order valence-electron chi connectivity index (χ0n) is 10.6. The zero-order chi connectivity index (χ0) is 13.7. The summed E-state index contributed by atoms with van der Waals surface area (Å²) < 4.78 is 13.1. The van der Waals surface area contributed by atoms with Crippen molar-refractivity contribution in [3.63, 3.8) is 0 Å². The van der Waals surface area contributed by atoms with Crippen LogP contribution >= 0.6 is 0 Å². The summed E-state index contributed by atoms with van der Waals surface area (Å²) in [5, 5.41) is 20.5. The number of nitrogens with zero attached hydrogens (tertiary/aromatic N) is 1. The lowest BCUT2D eigenvalue weighted by Crippen LogP contribution is -2.11. The van der Waals surface area contributed by atoms with Crippen molar-refractivity contribution < 1.29 is 14.4 Å². The first-order valence-corrected chi connectivity index (χ1v) is 6.01. The summed E-state index contributed by atoms with van der Waals surface area (Å²) >= 11 is 0. The lowest BCUT2D eigenvalue weighted by atomic mass is 9.99. The molecule has 1 aromatic carbocycles. The summed E-state index contributed by atoms with van der Waals surface area (Å²) in [6.45, 7) is 3.99. The van der Waals surface area contributed by atoms with Gasteiger partial charge in [0.1, 0.15) is 5.82 Å². The van der Waals surface area contributed by atoms with Crippen LogP contribution in [-0.4, -0.2) is 16.1 Å². The van der Waals surface area contributed by atoms with Crippen molar-refractivity contribution in [2.45, 2.75) is 39.2 Å². The van der Waals surface area contributed by atoms with E-state index >= 15 is 0 Å². The van der Waals surface area contributed by atoms with E-state index in [0.29, 0.717) is 30.7 Å². The third kappa shape index (κ3) is 4.41. The fourth-order valence-corrected chi connectivity index (χ4v) is 1.92. The number of hydrogen-bond acceptors (Lipinski definition) is 3. The van der Waals surface area contributed by atoms with Gasteiger partial charge >= 0.3 is 0 Å². The Balaban J connectivity index is 2.71. The highest BCUT2D eigenvalue weighted by atomic mass is 19.1. The van der Waals surface area contributed by atoms with Gasteiger partial charge in [0.2, 0.25) is 0 Å². The highest BCUT2D eigenvalue weighted by Gasteiger charge is 2.16. The third-order valence-corrected chi connectivity index (χ3v) is 2.73. The maximum absolute atomic E-state index is 13.1. The molecule has 1 unspecified atom stereocenters. The Morgan fingerprint density at radius 3 is 2.67 bits per heavy atom. The van der Waals surface area contributed by atoms with Crippen LogP contribution in [0.2, 0.25) is 0 Å². The van der Waals surface area contributed by atoms with Gasteiger partial charge in [0.15, 0.2) is 0 Å². The van der Waals surface area contributed by atoms with E-state index in [0.717, 1.165) is 6.07 Å². The Labute approximate surface area is 106 Å². The average Bonchev–Trinajstić information content (AvgIpc) is 2.25. The minimum absolute atomic E-state index is 0.0897. The minimum Gasteiger partial charge on any atom is -0.393 e. The van der Waals surface area contributed by atoms with Gasteiger partial charge in [-0.15, -0.1) is 0 Å². The molecule has 18 heavy (non-hydrogen) atoms. The molecule has 0 radical (unpaired) electrons. The Hall–Kier alpha value is -1.49. The van der Waals surface area contributed by atoms with Gasteiger partial charge in [-0.1, -0.05) is 13.8 Å². The first kappa shape index (κ1) is 14.6. The van der Waals surface area contributed by atoms with E-state index in [-0.39, 0.29) is 5.69 Å². The van der Waals surface area contributed by atoms with E-state index in [1.165, 1.54) is 12.1 Å². The quantitative estimate of drug-likeness (QED) is 0.627. The van der Waals surface area contributed by atoms with Crippen molar-refractivity contribution in [1.82, 2.24) is 0 Å². The van der Waals surface area contributed by atoms with Crippen molar-refractivity contribution in [3.05, 3.63) is 39.7 Å². The van der Waals surface area contributed by atoms with Crippen LogP contribution in [0.1, 0.15) is 32.3 Å². The van der Waals surface area contributed by atoms with Crippen LogP contribution < -0.4 is 0 Å². The fraction of sp³-hybridized carbons (Fsp3) is 0.538. The molecule has 0 aromatic heterocycles. The van der Waals surface area contributed by atoms with Gasteiger partial charge < -0.3 is 5.11 Å². The van der Waals surface area contributed by atoms with Gasteiger partial charge in [-0.05, 0) is 37.3 Å². The molecule has 1 N–H and O–H groups in total. The largest absolute Gasteiger partial charge is 0.393 e. The van der Waals surface area contributed by atoms with E-state index in [2.05, 4.69) is 0 Å². The number of aliphatic hydroxyl groups is 1. The van der Waals surface area contributed by atoms with Crippen molar-refractivity contribution in [2.24, 2.45) is 5.92 Å². The van der Waals surface area contributed by atoms with Crippen LogP contribution in [0.3, 0.4) is 0 Å². The molecule has 0 bridgehead atoms. The molecule has 1 aromatic rings. The Morgan fingerprint density at radius 1 is 1.44 bits per heavy atom. The monoisotopic (exact) mass is 255 g/mol. The van der Waals surface area contributed by atoms with Crippen molar-refractivity contribution in [1.29, 1.82) is 0 Å². The average molecular weight is 255 g/mol. The summed E-state index contributed by atoms with van der Waals surface area (Å²) in [4.78, 5) is 10.3. The summed E-state index contributed by atoms with van der Waals surface area (Å²) in [6, 6.07) is 3.41. The van der Waals surface area contributed by atoms with Gasteiger partial charge in [-0.25, -0.2) is 4.39 Å². The number of aryl methyl sites for hydroxylation is 1. The highest BCUT2D eigenvalue weighted by Crippen LogP contribution is 2.22. The number of nitro benzene ring substituents is 1. The summed E-state index contributed by atoms with van der Waals surface area (Å²) in [6.07, 6.45) is 0.848. The zero-order valence-corrected chi connectivity index (χ0v) is 10.6. The Kier molecular flexibility index (Phi) is 5.22. The highest BCUT2D eigenvalue weighted by molar-refractivity contribution is 5.40. The van der Waals surface area contributed by atoms with Gasteiger partial charge in [-0.2, -0.15) is 0 Å². The number of aliphatic hydroxyl groups excluding tert-OH is 1. The second kappa shape index (κ2) is 6.44. The predicted octanol–water partition coefficient (Wildman–Crippen LogP) is 3.07. The van der Waals surface area contributed by atoms with Gasteiger partial charge in [-0.3, -0.25) is 10.1 Å². The van der Waals surface area contributed by atoms with E-state index in [1.54, 1.807) is 0 Å². The molecule has 0 amide bonds. The predicted molar refractivity (Wildman–Crippen MR) is 66.8 cm³/mol. The fourth-order valence-electron chi connectivity index (χ4n) is 1.92. The maximum atomic E-state index is 13.1. The first-order chi connectivity index (χ1) is 8.40. The van der Waals surface area contributed by atoms with Crippen molar-refractivity contribution >= 4 is 5.69 Å². The Bertz CT molecular complexity index is 421. The van der Waals surface area contributed by atoms with E-state index in [1.807, 2.05) is 13.8 Å². The molecule has 100 valence electrons. The molecular formula is C13H18FNO3. The van der Waals surface area contributed by atoms with Crippen molar-refractivity contribution in [2.75, 3.05) is 0 Å². The van der Waals surface area contributed by atoms with Crippen LogP contribution in [0.4, 0.5) is 10.1 Å². The van der Waals surface area contributed by atoms with Gasteiger partial charge in [0, 0.05) is 11.6 Å². The van der Waals surface area contributed by atoms with Crippen LogP contribution in [0.15, 0.2) is 18.2 Å². The summed E-state index contributed by atoms with van der Waals surface area (Å²) in [5.74, 6) is -0.128. The molecule has 0 fully saturated rings. The first-order valence-electron chi connectivity index (χ1n) is 6.01. The molecule has 5 heteroatoms. The van der Waals surface area contributed by atoms with E-state index in [4.69, 9.17) is 0 Å². The SMILES string of the molecule is CC(C)CC(O)CCc1cc(F)ccc1[N+](=O)[O-]. The molecule has 1 rings (SSSR count). The lowest BCUT2D eigenvalue weighted by molar-refractivity contribution is -0.385. The molecule has 4 nitrogen and oxygen atoms in total. The van der Waals surface area contributed by atoms with E-state index < -0.39 is 16.8 Å². The molecular weight excluding hydrogens is 237 g/mol. The molecule has 0 aliphatic rings. The van der Waals surface area contributed by atoms with E-state index in [9.17, 15) is 19.6 Å². The molecule has 0 aliphatic carbocycles. The molecule has 0 saturated heterocycles. The smallest absolute Gasteiger partial charge is 0.272 e. The molecule has 1 atom stereocenters. The summed E-state index contributed by atoms with van der Waals surface area (Å²) in [5.41, 5.74) is 0.246.